The Balaban J connectivity index is 1.26. The molecule has 4 heterocycles. The second-order valence-corrected chi connectivity index (χ2v) is 15.4. The van der Waals surface area contributed by atoms with Crippen molar-refractivity contribution in [3.63, 3.8) is 0 Å². The molecule has 0 aliphatic carbocycles. The van der Waals surface area contributed by atoms with Crippen molar-refractivity contribution in [1.82, 2.24) is 19.5 Å². The SMILES string of the molecule is c1ccc(-c2nc(-c3ccccc3)nc(-c3c(-n4c5ccccc5c5ccccc54)ccc4sc5cccc(-c6cccc7c6oc6ccccc67)c5c34)n2)cc1. The van der Waals surface area contributed by atoms with Crippen LogP contribution in [0.4, 0.5) is 0 Å². The number of furan rings is 1. The summed E-state index contributed by atoms with van der Waals surface area (Å²) in [6, 6.07) is 63.6. The van der Waals surface area contributed by atoms with Crippen molar-refractivity contribution in [2.24, 2.45) is 0 Å². The Morgan fingerprint density at radius 2 is 0.947 bits per heavy atom. The Bertz CT molecular complexity index is 3420. The molecule has 57 heavy (non-hydrogen) atoms. The first-order chi connectivity index (χ1) is 28.3. The van der Waals surface area contributed by atoms with E-state index in [0.29, 0.717) is 17.5 Å². The van der Waals surface area contributed by atoms with Crippen molar-refractivity contribution in [3.05, 3.63) is 182 Å². The zero-order valence-corrected chi connectivity index (χ0v) is 31.2. The highest BCUT2D eigenvalue weighted by molar-refractivity contribution is 7.26. The van der Waals surface area contributed by atoms with Crippen molar-refractivity contribution >= 4 is 75.3 Å². The highest BCUT2D eigenvalue weighted by Gasteiger charge is 2.25. The van der Waals surface area contributed by atoms with Gasteiger partial charge in [0.2, 0.25) is 0 Å². The fourth-order valence-corrected chi connectivity index (χ4v) is 9.74. The van der Waals surface area contributed by atoms with Gasteiger partial charge < -0.3 is 8.98 Å². The van der Waals surface area contributed by atoms with Crippen LogP contribution in [0.1, 0.15) is 0 Å². The van der Waals surface area contributed by atoms with Crippen LogP contribution in [-0.2, 0) is 0 Å². The van der Waals surface area contributed by atoms with Crippen LogP contribution in [-0.4, -0.2) is 19.5 Å². The first kappa shape index (κ1) is 31.9. The maximum atomic E-state index is 6.67. The van der Waals surface area contributed by atoms with Gasteiger partial charge in [-0.15, -0.1) is 11.3 Å². The molecule has 8 aromatic carbocycles. The number of fused-ring (bicyclic) bond motifs is 9. The highest BCUT2D eigenvalue weighted by atomic mass is 32.1. The Morgan fingerprint density at radius 3 is 1.65 bits per heavy atom. The van der Waals surface area contributed by atoms with Crippen LogP contribution in [0, 0.1) is 0 Å². The van der Waals surface area contributed by atoms with Crippen LogP contribution < -0.4 is 0 Å². The number of rotatable bonds is 5. The lowest BCUT2D eigenvalue weighted by molar-refractivity contribution is 0.670. The van der Waals surface area contributed by atoms with Crippen LogP contribution in [0.2, 0.25) is 0 Å². The molecule has 0 saturated heterocycles. The number of hydrogen-bond acceptors (Lipinski definition) is 5. The number of benzene rings is 8. The van der Waals surface area contributed by atoms with Crippen LogP contribution >= 0.6 is 11.3 Å². The molecule has 0 bridgehead atoms. The van der Waals surface area contributed by atoms with Crippen LogP contribution in [0.25, 0.3) is 115 Å². The van der Waals surface area contributed by atoms with E-state index in [-0.39, 0.29) is 0 Å². The van der Waals surface area contributed by atoms with Crippen molar-refractivity contribution in [2.45, 2.75) is 0 Å². The molecule has 0 unspecified atom stereocenters. The van der Waals surface area contributed by atoms with Gasteiger partial charge in [-0.05, 0) is 42.0 Å². The average Bonchev–Trinajstić information content (AvgIpc) is 3.96. The van der Waals surface area contributed by atoms with Gasteiger partial charge in [0.05, 0.1) is 22.3 Å². The van der Waals surface area contributed by atoms with Gasteiger partial charge in [0.25, 0.3) is 0 Å². The first-order valence-electron chi connectivity index (χ1n) is 19.0. The van der Waals surface area contributed by atoms with Crippen molar-refractivity contribution in [1.29, 1.82) is 0 Å². The van der Waals surface area contributed by atoms with E-state index in [4.69, 9.17) is 19.4 Å². The van der Waals surface area contributed by atoms with Gasteiger partial charge in [0, 0.05) is 58.4 Å². The maximum Gasteiger partial charge on any atom is 0.166 e. The summed E-state index contributed by atoms with van der Waals surface area (Å²) in [6.45, 7) is 0. The Morgan fingerprint density at radius 1 is 0.404 bits per heavy atom. The van der Waals surface area contributed by atoms with E-state index in [9.17, 15) is 0 Å². The first-order valence-corrected chi connectivity index (χ1v) is 19.8. The van der Waals surface area contributed by atoms with E-state index in [1.165, 1.54) is 15.5 Å². The summed E-state index contributed by atoms with van der Waals surface area (Å²) in [4.78, 5) is 15.9. The van der Waals surface area contributed by atoms with Crippen LogP contribution in [0.5, 0.6) is 0 Å². The second kappa shape index (κ2) is 12.6. The van der Waals surface area contributed by atoms with Crippen molar-refractivity contribution < 1.29 is 4.42 Å². The van der Waals surface area contributed by atoms with Crippen LogP contribution in [0.15, 0.2) is 186 Å². The normalized spacial score (nSPS) is 11.9. The van der Waals surface area contributed by atoms with Crippen LogP contribution in [0.3, 0.4) is 0 Å². The highest BCUT2D eigenvalue weighted by Crippen LogP contribution is 2.49. The number of aromatic nitrogens is 4. The van der Waals surface area contributed by atoms with E-state index >= 15 is 0 Å². The molecule has 0 aliphatic rings. The minimum absolute atomic E-state index is 0.613. The van der Waals surface area contributed by atoms with Gasteiger partial charge in [-0.1, -0.05) is 146 Å². The summed E-state index contributed by atoms with van der Waals surface area (Å²) >= 11 is 1.79. The average molecular weight is 747 g/mol. The van der Waals surface area contributed by atoms with Crippen molar-refractivity contribution in [2.75, 3.05) is 0 Å². The summed E-state index contributed by atoms with van der Waals surface area (Å²) in [6.07, 6.45) is 0. The molecule has 0 N–H and O–H groups in total. The molecule has 266 valence electrons. The van der Waals surface area contributed by atoms with Gasteiger partial charge in [-0.2, -0.15) is 0 Å². The zero-order chi connectivity index (χ0) is 37.5. The maximum absolute atomic E-state index is 6.67. The molecule has 0 amide bonds. The van der Waals surface area contributed by atoms with Gasteiger partial charge in [-0.3, -0.25) is 0 Å². The Kier molecular flexibility index (Phi) is 7.03. The topological polar surface area (TPSA) is 56.7 Å². The summed E-state index contributed by atoms with van der Waals surface area (Å²) < 4.78 is 11.4. The molecule has 4 aromatic heterocycles. The van der Waals surface area contributed by atoms with Gasteiger partial charge in [0.1, 0.15) is 11.2 Å². The number of hydrogen-bond donors (Lipinski definition) is 0. The van der Waals surface area contributed by atoms with E-state index in [1.54, 1.807) is 11.3 Å². The largest absolute Gasteiger partial charge is 0.455 e. The molecule has 0 saturated carbocycles. The van der Waals surface area contributed by atoms with E-state index in [0.717, 1.165) is 81.9 Å². The van der Waals surface area contributed by atoms with E-state index in [1.807, 2.05) is 48.5 Å². The lowest BCUT2D eigenvalue weighted by Crippen LogP contribution is -2.04. The third-order valence-electron chi connectivity index (χ3n) is 11.1. The summed E-state index contributed by atoms with van der Waals surface area (Å²) in [5.41, 5.74) is 9.95. The molecule has 5 nitrogen and oxygen atoms in total. The molecule has 6 heteroatoms. The smallest absolute Gasteiger partial charge is 0.166 e. The Hall–Kier alpha value is -7.41. The third kappa shape index (κ3) is 4.91. The number of para-hydroxylation sites is 4. The zero-order valence-electron chi connectivity index (χ0n) is 30.4. The summed E-state index contributed by atoms with van der Waals surface area (Å²) in [5, 5.41) is 6.84. The standard InChI is InChI=1S/C51H30N4OS/c1-3-15-31(16-4-1)49-52-50(32-17-5-2-6-18-32)54-51(53-49)46-41(55-39-25-10-7-19-33(39)34-20-8-11-26-40(34)55)29-30-44-47(46)45-36(22-14-28-43(45)57-44)38-24-13-23-37-35-21-9-12-27-42(35)56-48(37)38/h1-30H. The fraction of sp³-hybridized carbons (Fsp3) is 0. The predicted octanol–water partition coefficient (Wildman–Crippen LogP) is 13.9. The minimum atomic E-state index is 0.613. The molecule has 0 radical (unpaired) electrons. The van der Waals surface area contributed by atoms with E-state index < -0.39 is 0 Å². The second-order valence-electron chi connectivity index (χ2n) is 14.3. The van der Waals surface area contributed by atoms with Gasteiger partial charge in [-0.25, -0.2) is 15.0 Å². The van der Waals surface area contributed by atoms with Gasteiger partial charge in [0.15, 0.2) is 17.5 Å². The van der Waals surface area contributed by atoms with Crippen molar-refractivity contribution in [3.8, 4) is 51.0 Å². The molecule has 0 spiro atoms. The lowest BCUT2D eigenvalue weighted by Gasteiger charge is -2.17. The molecular formula is C51H30N4OS. The predicted molar refractivity (Wildman–Crippen MR) is 236 cm³/mol. The number of nitrogens with zero attached hydrogens (tertiary/aromatic N) is 4. The molecule has 12 aromatic rings. The molecule has 0 atom stereocenters. The molecular weight excluding hydrogens is 717 g/mol. The molecule has 0 aliphatic heterocycles. The lowest BCUT2D eigenvalue weighted by atomic mass is 9.95. The van der Waals surface area contributed by atoms with Gasteiger partial charge >= 0.3 is 0 Å². The summed E-state index contributed by atoms with van der Waals surface area (Å²) in [5.74, 6) is 1.86. The quantitative estimate of drug-likeness (QED) is 0.176. The fourth-order valence-electron chi connectivity index (χ4n) is 8.60. The monoisotopic (exact) mass is 746 g/mol. The summed E-state index contributed by atoms with van der Waals surface area (Å²) in [7, 11) is 0. The minimum Gasteiger partial charge on any atom is -0.455 e. The van der Waals surface area contributed by atoms with E-state index in [2.05, 4.69) is 138 Å². The molecule has 0 fully saturated rings. The Labute approximate surface area is 330 Å². The third-order valence-corrected chi connectivity index (χ3v) is 12.2. The molecule has 12 rings (SSSR count). The number of thiophene rings is 1.